The predicted molar refractivity (Wildman–Crippen MR) is 85.8 cm³/mol. The highest BCUT2D eigenvalue weighted by Gasteiger charge is 2.28. The summed E-state index contributed by atoms with van der Waals surface area (Å²) in [5.74, 6) is -0.298. The second kappa shape index (κ2) is 5.21. The van der Waals surface area contributed by atoms with Gasteiger partial charge in [0.1, 0.15) is 12.0 Å². The van der Waals surface area contributed by atoms with Gasteiger partial charge >= 0.3 is 0 Å². The van der Waals surface area contributed by atoms with Crippen LogP contribution < -0.4 is 5.32 Å². The minimum Gasteiger partial charge on any atom is -0.334 e. The molecule has 1 aliphatic rings. The zero-order valence-corrected chi connectivity index (χ0v) is 12.6. The predicted octanol–water partition coefficient (Wildman–Crippen LogP) is 4.46. The lowest BCUT2D eigenvalue weighted by Gasteiger charge is -2.29. The minimum absolute atomic E-state index is 0.243. The largest absolute Gasteiger partial charge is 0.334 e. The molecule has 3 aromatic rings. The second-order valence-corrected chi connectivity index (χ2v) is 6.21. The smallest absolute Gasteiger partial charge is 0.133 e. The van der Waals surface area contributed by atoms with Crippen LogP contribution in [0.2, 0.25) is 5.02 Å². The van der Waals surface area contributed by atoms with Gasteiger partial charge in [-0.25, -0.2) is 8.78 Å². The van der Waals surface area contributed by atoms with Crippen molar-refractivity contribution >= 4 is 33.4 Å². The number of hydrogen-bond donors (Lipinski definition) is 1. The lowest BCUT2D eigenvalue weighted by atomic mass is 10.0. The van der Waals surface area contributed by atoms with E-state index in [-0.39, 0.29) is 11.9 Å². The van der Waals surface area contributed by atoms with Crippen molar-refractivity contribution in [2.75, 3.05) is 13.1 Å². The molecule has 0 radical (unpaired) electrons. The van der Waals surface area contributed by atoms with E-state index in [2.05, 4.69) is 5.32 Å². The van der Waals surface area contributed by atoms with E-state index in [1.807, 2.05) is 16.7 Å². The highest BCUT2D eigenvalue weighted by Crippen LogP contribution is 2.36. The summed E-state index contributed by atoms with van der Waals surface area (Å²) in [5.41, 5.74) is 1.76. The molecule has 2 aromatic carbocycles. The molecule has 1 saturated heterocycles. The van der Waals surface area contributed by atoms with Crippen molar-refractivity contribution in [2.24, 2.45) is 0 Å². The van der Waals surface area contributed by atoms with Gasteiger partial charge in [0.25, 0.3) is 0 Å². The van der Waals surface area contributed by atoms with Gasteiger partial charge in [0, 0.05) is 33.4 Å². The lowest BCUT2D eigenvalue weighted by Crippen LogP contribution is -2.39. The monoisotopic (exact) mass is 320 g/mol. The van der Waals surface area contributed by atoms with Gasteiger partial charge in [-0.15, -0.1) is 0 Å². The molecule has 0 spiro atoms. The summed E-state index contributed by atoms with van der Waals surface area (Å²) in [6.45, 7) is 1.13. The van der Waals surface area contributed by atoms with Crippen LogP contribution >= 0.6 is 11.6 Å². The molecule has 0 saturated carbocycles. The number of fused-ring (bicyclic) bond motifs is 3. The number of rotatable bonds is 1. The molecule has 2 unspecified atom stereocenters. The topological polar surface area (TPSA) is 17.0 Å². The Hall–Kier alpha value is -1.65. The Morgan fingerprint density at radius 1 is 1.09 bits per heavy atom. The lowest BCUT2D eigenvalue weighted by molar-refractivity contribution is 0.190. The van der Waals surface area contributed by atoms with Gasteiger partial charge < -0.3 is 9.88 Å². The van der Waals surface area contributed by atoms with E-state index in [4.69, 9.17) is 11.6 Å². The van der Waals surface area contributed by atoms with Gasteiger partial charge in [-0.05, 0) is 49.4 Å². The molecule has 1 fully saturated rings. The Morgan fingerprint density at radius 3 is 2.59 bits per heavy atom. The minimum atomic E-state index is -0.965. The number of alkyl halides is 1. The summed E-state index contributed by atoms with van der Waals surface area (Å²) in [6, 6.07) is 9.92. The molecule has 5 heteroatoms. The van der Waals surface area contributed by atoms with E-state index in [9.17, 15) is 8.78 Å². The first-order valence-electron chi connectivity index (χ1n) is 7.38. The molecule has 1 N–H and O–H groups in total. The van der Waals surface area contributed by atoms with Crippen molar-refractivity contribution in [3.63, 3.8) is 0 Å². The molecule has 22 heavy (non-hydrogen) atoms. The van der Waals surface area contributed by atoms with E-state index in [1.165, 1.54) is 12.1 Å². The van der Waals surface area contributed by atoms with Crippen LogP contribution in [0.5, 0.6) is 0 Å². The van der Waals surface area contributed by atoms with Gasteiger partial charge in [-0.2, -0.15) is 0 Å². The molecule has 1 aromatic heterocycles. The van der Waals surface area contributed by atoms with Crippen molar-refractivity contribution in [3.05, 3.63) is 47.2 Å². The summed E-state index contributed by atoms with van der Waals surface area (Å²) in [6.07, 6.45) is -0.256. The summed E-state index contributed by atoms with van der Waals surface area (Å²) in [5, 5.41) is 5.32. The molecule has 0 aliphatic carbocycles. The third-order valence-corrected chi connectivity index (χ3v) is 4.67. The summed E-state index contributed by atoms with van der Waals surface area (Å²) >= 11 is 6.10. The standard InChI is InChI=1S/C17H15ClF2N2/c18-10-1-3-15-12(7-10)13-8-11(19)2-4-16(13)22(15)17-5-6-21-9-14(17)20/h1-4,7-8,14,17,21H,5-6,9H2. The normalized spacial score (nSPS) is 22.5. The summed E-state index contributed by atoms with van der Waals surface area (Å²) in [4.78, 5) is 0. The van der Waals surface area contributed by atoms with E-state index in [0.717, 1.165) is 28.4 Å². The van der Waals surface area contributed by atoms with Crippen LogP contribution in [0.3, 0.4) is 0 Å². The molecular formula is C17H15ClF2N2. The van der Waals surface area contributed by atoms with Gasteiger partial charge in [-0.1, -0.05) is 11.6 Å². The maximum absolute atomic E-state index is 14.4. The quantitative estimate of drug-likeness (QED) is 0.700. The average Bonchev–Trinajstić information content (AvgIpc) is 2.81. The van der Waals surface area contributed by atoms with E-state index in [1.54, 1.807) is 12.1 Å². The third kappa shape index (κ3) is 2.09. The van der Waals surface area contributed by atoms with Crippen LogP contribution in [0.25, 0.3) is 21.8 Å². The second-order valence-electron chi connectivity index (χ2n) is 5.77. The highest BCUT2D eigenvalue weighted by atomic mass is 35.5. The number of nitrogens with zero attached hydrogens (tertiary/aromatic N) is 1. The Morgan fingerprint density at radius 2 is 1.82 bits per heavy atom. The molecule has 2 heterocycles. The zero-order chi connectivity index (χ0) is 15.3. The number of aromatic nitrogens is 1. The first-order chi connectivity index (χ1) is 10.6. The van der Waals surface area contributed by atoms with Crippen molar-refractivity contribution in [1.82, 2.24) is 9.88 Å². The molecule has 4 rings (SSSR count). The molecule has 0 bridgehead atoms. The molecule has 0 amide bonds. The van der Waals surface area contributed by atoms with Crippen molar-refractivity contribution in [3.8, 4) is 0 Å². The van der Waals surface area contributed by atoms with Crippen LogP contribution in [0, 0.1) is 5.82 Å². The molecule has 2 atom stereocenters. The third-order valence-electron chi connectivity index (χ3n) is 4.43. The summed E-state index contributed by atoms with van der Waals surface area (Å²) < 4.78 is 30.1. The molecule has 114 valence electrons. The number of halogens is 3. The average molecular weight is 321 g/mol. The number of nitrogens with one attached hydrogen (secondary N) is 1. The summed E-state index contributed by atoms with van der Waals surface area (Å²) in [7, 11) is 0. The van der Waals surface area contributed by atoms with Crippen molar-refractivity contribution in [2.45, 2.75) is 18.6 Å². The van der Waals surface area contributed by atoms with Gasteiger partial charge in [0.15, 0.2) is 0 Å². The van der Waals surface area contributed by atoms with E-state index < -0.39 is 6.17 Å². The first kappa shape index (κ1) is 14.0. The Balaban J connectivity index is 2.06. The molecular weight excluding hydrogens is 306 g/mol. The fraction of sp³-hybridized carbons (Fsp3) is 0.294. The van der Waals surface area contributed by atoms with Gasteiger partial charge in [0.05, 0.1) is 6.04 Å². The Labute approximate surface area is 131 Å². The van der Waals surface area contributed by atoms with Crippen molar-refractivity contribution in [1.29, 1.82) is 0 Å². The number of piperidine rings is 1. The maximum atomic E-state index is 14.4. The van der Waals surface area contributed by atoms with E-state index in [0.29, 0.717) is 18.0 Å². The molecule has 1 aliphatic heterocycles. The SMILES string of the molecule is Fc1ccc2c(c1)c1cc(Cl)ccc1n2C1CCNCC1F. The molecule has 2 nitrogen and oxygen atoms in total. The zero-order valence-electron chi connectivity index (χ0n) is 11.8. The fourth-order valence-corrected chi connectivity index (χ4v) is 3.62. The first-order valence-corrected chi connectivity index (χ1v) is 7.76. The van der Waals surface area contributed by atoms with Gasteiger partial charge in [0.2, 0.25) is 0 Å². The maximum Gasteiger partial charge on any atom is 0.133 e. The van der Waals surface area contributed by atoms with Crippen LogP contribution in [0.15, 0.2) is 36.4 Å². The van der Waals surface area contributed by atoms with Crippen LogP contribution in [-0.2, 0) is 0 Å². The Kier molecular flexibility index (Phi) is 3.31. The van der Waals surface area contributed by atoms with E-state index >= 15 is 0 Å². The van der Waals surface area contributed by atoms with Crippen LogP contribution in [0.4, 0.5) is 8.78 Å². The van der Waals surface area contributed by atoms with Crippen molar-refractivity contribution < 1.29 is 8.78 Å². The number of benzene rings is 2. The number of hydrogen-bond acceptors (Lipinski definition) is 1. The Bertz CT molecular complexity index is 799. The van der Waals surface area contributed by atoms with Gasteiger partial charge in [-0.3, -0.25) is 0 Å². The van der Waals surface area contributed by atoms with Crippen LogP contribution in [0.1, 0.15) is 12.5 Å². The van der Waals surface area contributed by atoms with Crippen LogP contribution in [-0.4, -0.2) is 23.8 Å². The highest BCUT2D eigenvalue weighted by molar-refractivity contribution is 6.31. The fourth-order valence-electron chi connectivity index (χ4n) is 3.45.